The topological polar surface area (TPSA) is 196 Å². The molecule has 43 heavy (non-hydrogen) atoms. The predicted octanol–water partition coefficient (Wildman–Crippen LogP) is 4.64. The largest absolute Gasteiger partial charge is 2.00 e. The molecule has 202 valence electrons. The molecule has 6 rings (SSSR count). The van der Waals surface area contributed by atoms with Crippen LogP contribution in [0.3, 0.4) is 0 Å². The predicted molar refractivity (Wildman–Crippen MR) is 170 cm³/mol. The molecule has 4 heterocycles. The molecule has 0 unspecified atom stereocenters. The molecule has 11 heteroatoms. The fraction of sp³-hybridized carbons (Fsp3) is 0. The third-order valence-electron chi connectivity index (χ3n) is 5.36. The minimum Gasteiger partial charge on any atom is -0.762 e. The molecule has 10 nitrogen and oxygen atoms in total. The first kappa shape index (κ1) is 33.1. The molecule has 4 aliphatic rings. The molecule has 2 aromatic rings. The second-order valence-corrected chi connectivity index (χ2v) is 7.85. The molecule has 0 amide bonds. The number of rotatable bonds is 0. The van der Waals surface area contributed by atoms with Gasteiger partial charge in [-0.05, 0) is 20.9 Å². The van der Waals surface area contributed by atoms with Crippen molar-refractivity contribution in [3.05, 3.63) is 137 Å². The van der Waals surface area contributed by atoms with Gasteiger partial charge in [0.15, 0.2) is 0 Å². The standard InChI is InChI=1S/2C12H8N2.2C4N3.Pb/c2*1-3-9-5-6-10-4-2-8-14-12(10)11(9)13-7-1;2*5-1-4(2-6)3-7;/h2*1-8H;;;/q2*-2;2*-1;+2. The summed E-state index contributed by atoms with van der Waals surface area (Å²) >= 11 is 0. The molecular formula is C32H16N10Pb-4. The van der Waals surface area contributed by atoms with Gasteiger partial charge in [-0.3, -0.25) is 0 Å². The van der Waals surface area contributed by atoms with Crippen LogP contribution < -0.4 is 20.9 Å². The monoisotopic (exact) mass is 748 g/mol. The van der Waals surface area contributed by atoms with E-state index >= 15 is 0 Å². The maximum atomic E-state index is 7.79. The Morgan fingerprint density at radius 2 is 0.698 bits per heavy atom. The van der Waals surface area contributed by atoms with Crippen LogP contribution in [0.4, 0.5) is 22.7 Å². The van der Waals surface area contributed by atoms with Crippen molar-refractivity contribution < 1.29 is 0 Å². The summed E-state index contributed by atoms with van der Waals surface area (Å²) in [7, 11) is 0. The van der Waals surface area contributed by atoms with Crippen molar-refractivity contribution in [3.63, 3.8) is 0 Å². The van der Waals surface area contributed by atoms with Gasteiger partial charge in [0.2, 0.25) is 0 Å². The van der Waals surface area contributed by atoms with E-state index in [1.54, 1.807) is 24.8 Å². The summed E-state index contributed by atoms with van der Waals surface area (Å²) < 4.78 is 0. The van der Waals surface area contributed by atoms with Crippen LogP contribution in [-0.4, -0.2) is 39.0 Å². The molecular weight excluding hydrogens is 732 g/mol. The Kier molecular flexibility index (Phi) is 13.5. The first-order valence-corrected chi connectivity index (χ1v) is 11.9. The van der Waals surface area contributed by atoms with Gasteiger partial charge in [-0.25, -0.2) is 11.7 Å². The number of nitrogens with zero attached hydrogens (tertiary/aromatic N) is 10. The van der Waals surface area contributed by atoms with Crippen LogP contribution in [0.1, 0.15) is 0 Å². The summed E-state index contributed by atoms with van der Waals surface area (Å²) in [6, 6.07) is 13.9. The van der Waals surface area contributed by atoms with E-state index in [2.05, 4.69) is 69.8 Å². The maximum Gasteiger partial charge on any atom is 2.00 e. The zero-order valence-electron chi connectivity index (χ0n) is 22.2. The third kappa shape index (κ3) is 8.93. The van der Waals surface area contributed by atoms with Gasteiger partial charge in [0.1, 0.15) is 35.4 Å². The van der Waals surface area contributed by atoms with Gasteiger partial charge in [-0.15, -0.1) is 22.7 Å². The van der Waals surface area contributed by atoms with Crippen LogP contribution in [-0.2, 0) is 0 Å². The van der Waals surface area contributed by atoms with Gasteiger partial charge in [-0.1, -0.05) is 72.9 Å². The Morgan fingerprint density at radius 3 is 0.860 bits per heavy atom. The first-order valence-electron chi connectivity index (χ1n) is 11.9. The molecule has 0 N–H and O–H groups in total. The second kappa shape index (κ2) is 17.5. The van der Waals surface area contributed by atoms with Gasteiger partial charge in [-0.2, -0.15) is 45.8 Å². The van der Waals surface area contributed by atoms with Crippen LogP contribution in [0.5, 0.6) is 0 Å². The van der Waals surface area contributed by atoms with Crippen molar-refractivity contribution in [2.45, 2.75) is 0 Å². The minimum atomic E-state index is -0.403. The molecule has 0 aromatic heterocycles. The maximum absolute atomic E-state index is 7.79. The van der Waals surface area contributed by atoms with Gasteiger partial charge in [0.05, 0.1) is 0 Å². The summed E-state index contributed by atoms with van der Waals surface area (Å²) in [6.07, 6.45) is 23.2. The molecule has 0 aliphatic carbocycles. The van der Waals surface area contributed by atoms with E-state index < -0.39 is 11.1 Å². The summed E-state index contributed by atoms with van der Waals surface area (Å²) in [4.78, 5) is 0. The Hall–Kier alpha value is -6.14. The molecule has 0 saturated heterocycles. The van der Waals surface area contributed by atoms with Crippen molar-refractivity contribution in [3.8, 4) is 24.3 Å². The van der Waals surface area contributed by atoms with Crippen LogP contribution in [0.25, 0.3) is 56.4 Å². The van der Waals surface area contributed by atoms with E-state index in [-0.39, 0.29) is 27.3 Å². The zero-order chi connectivity index (χ0) is 30.2. The molecule has 2 radical (unpaired) electrons. The summed E-state index contributed by atoms with van der Waals surface area (Å²) in [5.74, 6) is 2.79. The van der Waals surface area contributed by atoms with Crippen LogP contribution in [0.15, 0.2) is 84.5 Å². The van der Waals surface area contributed by atoms with E-state index in [0.717, 1.165) is 43.6 Å². The smallest absolute Gasteiger partial charge is 0.762 e. The molecule has 0 fully saturated rings. The Morgan fingerprint density at radius 1 is 0.465 bits per heavy atom. The third-order valence-corrected chi connectivity index (χ3v) is 5.36. The van der Waals surface area contributed by atoms with Crippen LogP contribution in [0, 0.1) is 45.3 Å². The molecule has 0 saturated carbocycles. The number of hydrogen-bond donors (Lipinski definition) is 0. The normalized spacial score (nSPS) is 11.6. The number of nitriles is 4. The quantitative estimate of drug-likeness (QED) is 0.215. The van der Waals surface area contributed by atoms with Crippen molar-refractivity contribution >= 4 is 86.1 Å². The average Bonchev–Trinajstić information content (AvgIpc) is 3.07. The molecule has 0 bridgehead atoms. The van der Waals surface area contributed by atoms with E-state index in [1.165, 1.54) is 36.0 Å². The zero-order valence-corrected chi connectivity index (χ0v) is 26.1. The SMILES string of the molecule is C1=C[N-]c2c3c(ccc2=C1)=CC=C[N-]3.C1=C[N-]c2c3c(ccc2=C1)=CC=C[N-]3.N#CC(=C=[N-])C#N.N#CC(=C=[N-])C#N.[Pb+2]. The van der Waals surface area contributed by atoms with E-state index in [4.69, 9.17) is 31.9 Å². The second-order valence-electron chi connectivity index (χ2n) is 7.85. The Labute approximate surface area is 267 Å². The van der Waals surface area contributed by atoms with Crippen molar-refractivity contribution in [2.24, 2.45) is 0 Å². The molecule has 4 aliphatic heterocycles. The summed E-state index contributed by atoms with van der Waals surface area (Å²) in [6.45, 7) is 0. The molecule has 0 spiro atoms. The number of benzene rings is 2. The minimum absolute atomic E-state index is 0. The fourth-order valence-electron chi connectivity index (χ4n) is 3.51. The van der Waals surface area contributed by atoms with Crippen molar-refractivity contribution in [1.82, 2.24) is 0 Å². The van der Waals surface area contributed by atoms with Crippen LogP contribution >= 0.6 is 0 Å². The van der Waals surface area contributed by atoms with E-state index in [0.29, 0.717) is 0 Å². The first-order chi connectivity index (χ1) is 20.6. The number of allylic oxidation sites excluding steroid dienone is 6. The Balaban J connectivity index is 0.000000211. The molecule has 0 atom stereocenters. The van der Waals surface area contributed by atoms with Crippen molar-refractivity contribution in [2.75, 3.05) is 0 Å². The Bertz CT molecular complexity index is 1760. The van der Waals surface area contributed by atoms with Crippen molar-refractivity contribution in [1.29, 1.82) is 21.0 Å². The van der Waals surface area contributed by atoms with Gasteiger partial charge >= 0.3 is 27.3 Å². The van der Waals surface area contributed by atoms with Crippen LogP contribution in [0.2, 0.25) is 0 Å². The van der Waals surface area contributed by atoms with Gasteiger partial charge in [0.25, 0.3) is 0 Å². The summed E-state index contributed by atoms with van der Waals surface area (Å²) in [5.41, 5.74) is 3.10. The van der Waals surface area contributed by atoms with Gasteiger partial charge in [0, 0.05) is 0 Å². The fourth-order valence-corrected chi connectivity index (χ4v) is 3.51. The number of fused-ring (bicyclic) bond motifs is 6. The van der Waals surface area contributed by atoms with E-state index in [9.17, 15) is 0 Å². The summed E-state index contributed by atoms with van der Waals surface area (Å²) in [5, 5.41) is 68.7. The van der Waals surface area contributed by atoms with Gasteiger partial charge < -0.3 is 32.1 Å². The van der Waals surface area contributed by atoms with E-state index in [1.807, 2.05) is 24.3 Å². The molecule has 2 aromatic carbocycles. The average molecular weight is 748 g/mol. The number of hydrogen-bond acceptors (Lipinski definition) is 4.